The van der Waals surface area contributed by atoms with E-state index in [1.807, 2.05) is 30.5 Å². The molecule has 0 aromatic carbocycles. The van der Waals surface area contributed by atoms with Crippen molar-refractivity contribution in [2.75, 3.05) is 11.5 Å². The predicted molar refractivity (Wildman–Crippen MR) is 62.4 cm³/mol. The summed E-state index contributed by atoms with van der Waals surface area (Å²) in [7, 11) is 0. The SMILES string of the molecule is CC(C)(N)CSCCCn1ccnc1. The van der Waals surface area contributed by atoms with Crippen molar-refractivity contribution in [2.45, 2.75) is 32.4 Å². The zero-order chi connectivity index (χ0) is 10.4. The predicted octanol–water partition coefficient (Wildman–Crippen LogP) is 1.74. The first-order valence-electron chi connectivity index (χ1n) is 4.90. The normalized spacial score (nSPS) is 11.9. The molecule has 80 valence electrons. The van der Waals surface area contributed by atoms with Gasteiger partial charge < -0.3 is 10.3 Å². The van der Waals surface area contributed by atoms with Crippen molar-refractivity contribution in [3.8, 4) is 0 Å². The van der Waals surface area contributed by atoms with Crippen molar-refractivity contribution < 1.29 is 0 Å². The molecule has 0 fully saturated rings. The van der Waals surface area contributed by atoms with Gasteiger partial charge in [0.1, 0.15) is 0 Å². The van der Waals surface area contributed by atoms with Crippen LogP contribution in [0.1, 0.15) is 20.3 Å². The molecule has 1 rings (SSSR count). The molecule has 0 bridgehead atoms. The van der Waals surface area contributed by atoms with E-state index in [0.29, 0.717) is 0 Å². The maximum Gasteiger partial charge on any atom is 0.0945 e. The van der Waals surface area contributed by atoms with Crippen LogP contribution in [0.25, 0.3) is 0 Å². The maximum absolute atomic E-state index is 5.88. The summed E-state index contributed by atoms with van der Waals surface area (Å²) < 4.78 is 2.11. The molecule has 0 aliphatic heterocycles. The Morgan fingerprint density at radius 3 is 2.86 bits per heavy atom. The van der Waals surface area contributed by atoms with Crippen molar-refractivity contribution in [3.63, 3.8) is 0 Å². The summed E-state index contributed by atoms with van der Waals surface area (Å²) in [5.41, 5.74) is 5.83. The van der Waals surface area contributed by atoms with Crippen molar-refractivity contribution in [1.82, 2.24) is 9.55 Å². The Morgan fingerprint density at radius 2 is 2.29 bits per heavy atom. The van der Waals surface area contributed by atoms with Gasteiger partial charge in [-0.2, -0.15) is 11.8 Å². The van der Waals surface area contributed by atoms with E-state index >= 15 is 0 Å². The van der Waals surface area contributed by atoms with E-state index in [1.165, 1.54) is 12.2 Å². The number of nitrogens with zero attached hydrogens (tertiary/aromatic N) is 2. The van der Waals surface area contributed by atoms with Gasteiger partial charge in [-0.3, -0.25) is 0 Å². The number of imidazole rings is 1. The average molecular weight is 213 g/mol. The summed E-state index contributed by atoms with van der Waals surface area (Å²) in [6, 6.07) is 0. The molecule has 14 heavy (non-hydrogen) atoms. The van der Waals surface area contributed by atoms with Gasteiger partial charge in [0, 0.05) is 30.2 Å². The van der Waals surface area contributed by atoms with E-state index in [-0.39, 0.29) is 5.54 Å². The molecule has 0 amide bonds. The fourth-order valence-electron chi connectivity index (χ4n) is 1.10. The molecule has 0 unspecified atom stereocenters. The Bertz CT molecular complexity index is 238. The van der Waals surface area contributed by atoms with Gasteiger partial charge in [0.15, 0.2) is 0 Å². The zero-order valence-corrected chi connectivity index (χ0v) is 9.76. The number of aryl methyl sites for hydroxylation is 1. The molecule has 1 aromatic rings. The number of hydrogen-bond acceptors (Lipinski definition) is 3. The lowest BCUT2D eigenvalue weighted by atomic mass is 10.1. The van der Waals surface area contributed by atoms with Crippen LogP contribution in [0.5, 0.6) is 0 Å². The van der Waals surface area contributed by atoms with Crippen LogP contribution in [0, 0.1) is 0 Å². The quantitative estimate of drug-likeness (QED) is 0.732. The molecule has 1 heterocycles. The van der Waals surface area contributed by atoms with Crippen LogP contribution in [0.15, 0.2) is 18.7 Å². The molecule has 1 aromatic heterocycles. The van der Waals surface area contributed by atoms with Gasteiger partial charge in [-0.1, -0.05) is 0 Å². The second-order valence-corrected chi connectivity index (χ2v) is 5.30. The summed E-state index contributed by atoms with van der Waals surface area (Å²) >= 11 is 1.92. The molecule has 0 aliphatic rings. The third-order valence-electron chi connectivity index (χ3n) is 1.74. The van der Waals surface area contributed by atoms with Gasteiger partial charge >= 0.3 is 0 Å². The highest BCUT2D eigenvalue weighted by Crippen LogP contribution is 2.11. The number of rotatable bonds is 6. The minimum absolute atomic E-state index is 0.0420. The van der Waals surface area contributed by atoms with E-state index in [0.717, 1.165) is 12.3 Å². The van der Waals surface area contributed by atoms with Gasteiger partial charge in [0.25, 0.3) is 0 Å². The highest BCUT2D eigenvalue weighted by atomic mass is 32.2. The minimum Gasteiger partial charge on any atom is -0.337 e. The molecule has 0 saturated heterocycles. The first-order valence-corrected chi connectivity index (χ1v) is 6.06. The first-order chi connectivity index (χ1) is 6.58. The largest absolute Gasteiger partial charge is 0.337 e. The standard InChI is InChI=1S/C10H19N3S/c1-10(2,11)8-14-7-3-5-13-6-4-12-9-13/h4,6,9H,3,5,7-8,11H2,1-2H3. The van der Waals surface area contributed by atoms with Crippen LogP contribution in [-0.2, 0) is 6.54 Å². The van der Waals surface area contributed by atoms with Crippen LogP contribution >= 0.6 is 11.8 Å². The summed E-state index contributed by atoms with van der Waals surface area (Å²) in [6.07, 6.45) is 6.85. The minimum atomic E-state index is -0.0420. The average Bonchev–Trinajstić information content (AvgIpc) is 2.54. The number of hydrogen-bond donors (Lipinski definition) is 1. The highest BCUT2D eigenvalue weighted by Gasteiger charge is 2.09. The van der Waals surface area contributed by atoms with E-state index in [1.54, 1.807) is 0 Å². The van der Waals surface area contributed by atoms with Gasteiger partial charge in [0.2, 0.25) is 0 Å². The topological polar surface area (TPSA) is 43.8 Å². The third-order valence-corrected chi connectivity index (χ3v) is 3.26. The molecule has 3 nitrogen and oxygen atoms in total. The Morgan fingerprint density at radius 1 is 1.50 bits per heavy atom. The Balaban J connectivity index is 2.00. The molecular weight excluding hydrogens is 194 g/mol. The van der Waals surface area contributed by atoms with E-state index in [4.69, 9.17) is 5.73 Å². The Labute approximate surface area is 90.1 Å². The summed E-state index contributed by atoms with van der Waals surface area (Å²) in [6.45, 7) is 5.18. The molecule has 0 spiro atoms. The van der Waals surface area contributed by atoms with Crippen LogP contribution in [0.2, 0.25) is 0 Å². The lowest BCUT2D eigenvalue weighted by Gasteiger charge is -2.17. The number of thioether (sulfide) groups is 1. The first kappa shape index (κ1) is 11.6. The maximum atomic E-state index is 5.88. The fraction of sp³-hybridized carbons (Fsp3) is 0.700. The molecule has 4 heteroatoms. The van der Waals surface area contributed by atoms with Crippen molar-refractivity contribution in [1.29, 1.82) is 0 Å². The summed E-state index contributed by atoms with van der Waals surface area (Å²) in [5, 5.41) is 0. The van der Waals surface area contributed by atoms with Crippen LogP contribution in [-0.4, -0.2) is 26.6 Å². The summed E-state index contributed by atoms with van der Waals surface area (Å²) in [4.78, 5) is 4.00. The lowest BCUT2D eigenvalue weighted by molar-refractivity contribution is 0.590. The number of nitrogens with two attached hydrogens (primary N) is 1. The molecule has 0 aliphatic carbocycles. The molecule has 0 radical (unpaired) electrons. The summed E-state index contributed by atoms with van der Waals surface area (Å²) in [5.74, 6) is 2.19. The molecule has 0 atom stereocenters. The van der Waals surface area contributed by atoms with Gasteiger partial charge in [-0.05, 0) is 26.0 Å². The second kappa shape index (κ2) is 5.41. The molecule has 2 N–H and O–H groups in total. The zero-order valence-electron chi connectivity index (χ0n) is 8.94. The van der Waals surface area contributed by atoms with E-state index in [9.17, 15) is 0 Å². The van der Waals surface area contributed by atoms with Crippen LogP contribution < -0.4 is 5.73 Å². The van der Waals surface area contributed by atoms with Crippen LogP contribution in [0.3, 0.4) is 0 Å². The van der Waals surface area contributed by atoms with E-state index in [2.05, 4.69) is 23.4 Å². The Kier molecular flexibility index (Phi) is 4.48. The third kappa shape index (κ3) is 5.29. The van der Waals surface area contributed by atoms with E-state index < -0.39 is 0 Å². The smallest absolute Gasteiger partial charge is 0.0945 e. The Hall–Kier alpha value is -0.480. The van der Waals surface area contributed by atoms with Gasteiger partial charge in [0.05, 0.1) is 6.33 Å². The lowest BCUT2D eigenvalue weighted by Crippen LogP contribution is -2.34. The second-order valence-electron chi connectivity index (χ2n) is 4.20. The van der Waals surface area contributed by atoms with Crippen LogP contribution in [0.4, 0.5) is 0 Å². The molecule has 0 saturated carbocycles. The molecular formula is C10H19N3S. The van der Waals surface area contributed by atoms with Crippen molar-refractivity contribution >= 4 is 11.8 Å². The monoisotopic (exact) mass is 213 g/mol. The fourth-order valence-corrected chi connectivity index (χ4v) is 2.11. The van der Waals surface area contributed by atoms with Gasteiger partial charge in [-0.25, -0.2) is 4.98 Å². The van der Waals surface area contributed by atoms with Crippen molar-refractivity contribution in [2.24, 2.45) is 5.73 Å². The number of aromatic nitrogens is 2. The van der Waals surface area contributed by atoms with Crippen molar-refractivity contribution in [3.05, 3.63) is 18.7 Å². The van der Waals surface area contributed by atoms with Gasteiger partial charge in [-0.15, -0.1) is 0 Å². The highest BCUT2D eigenvalue weighted by molar-refractivity contribution is 7.99.